The molecule has 1 aromatic heterocycles. The van der Waals surface area contributed by atoms with Crippen molar-refractivity contribution in [1.29, 1.82) is 0 Å². The van der Waals surface area contributed by atoms with Gasteiger partial charge in [0.2, 0.25) is 6.20 Å². The highest BCUT2D eigenvalue weighted by molar-refractivity contribution is 5.74. The van der Waals surface area contributed by atoms with Gasteiger partial charge in [0.15, 0.2) is 6.11 Å². The van der Waals surface area contributed by atoms with E-state index in [2.05, 4.69) is 6.11 Å². The number of rotatable bonds is 1. The van der Waals surface area contributed by atoms with Crippen LogP contribution < -0.4 is 9.57 Å². The van der Waals surface area contributed by atoms with E-state index in [1.54, 1.807) is 10.9 Å². The van der Waals surface area contributed by atoms with Crippen LogP contribution in [-0.2, 0) is 0 Å². The van der Waals surface area contributed by atoms with Gasteiger partial charge in [-0.25, -0.2) is 0 Å². The molecule has 2 nitrogen and oxygen atoms in total. The molecule has 2 aromatic rings. The van der Waals surface area contributed by atoms with Gasteiger partial charge in [0.25, 0.3) is 5.52 Å². The lowest BCUT2D eigenvalue weighted by atomic mass is 10.2. The molecule has 0 aliphatic heterocycles. The fourth-order valence-corrected chi connectivity index (χ4v) is 1.27. The molecule has 0 fully saturated rings. The van der Waals surface area contributed by atoms with Crippen molar-refractivity contribution in [3.8, 4) is 12.5 Å². The maximum atomic E-state index is 5.06. The first-order chi connectivity index (χ1) is 6.42. The molecular weight excluding hydrogens is 162 g/mol. The van der Waals surface area contributed by atoms with Gasteiger partial charge in [0.05, 0.1) is 5.39 Å². The van der Waals surface area contributed by atoms with Crippen molar-refractivity contribution < 1.29 is 9.57 Å². The molecule has 1 aromatic carbocycles. The summed E-state index contributed by atoms with van der Waals surface area (Å²) < 4.78 is 1.56. The Kier molecular flexibility index (Phi) is 1.85. The monoisotopic (exact) mass is 170 g/mol. The van der Waals surface area contributed by atoms with Gasteiger partial charge >= 0.3 is 0 Å². The number of hydrogen-bond acceptors (Lipinski definition) is 1. The quantitative estimate of drug-likeness (QED) is 0.462. The van der Waals surface area contributed by atoms with Crippen molar-refractivity contribution in [2.24, 2.45) is 0 Å². The molecule has 62 valence electrons. The summed E-state index contributed by atoms with van der Waals surface area (Å²) in [6, 6.07) is 11.8. The fraction of sp³-hybridized carbons (Fsp3) is 0. The van der Waals surface area contributed by atoms with E-state index in [4.69, 9.17) is 11.3 Å². The van der Waals surface area contributed by atoms with E-state index in [0.717, 1.165) is 10.9 Å². The van der Waals surface area contributed by atoms with Crippen molar-refractivity contribution in [3.63, 3.8) is 0 Å². The van der Waals surface area contributed by atoms with Crippen molar-refractivity contribution >= 4 is 10.9 Å². The lowest BCUT2D eigenvalue weighted by Gasteiger charge is -1.93. The van der Waals surface area contributed by atoms with Crippen LogP contribution >= 0.6 is 0 Å². The van der Waals surface area contributed by atoms with Gasteiger partial charge in [-0.2, -0.15) is 4.84 Å². The number of aromatic nitrogens is 1. The standard InChI is InChI=1S/C11H8NO/c1-2-13-12-9-5-7-10-6-3-4-8-11(10)12/h1,3-9H/q+1. The average Bonchev–Trinajstić information content (AvgIpc) is 2.19. The van der Waals surface area contributed by atoms with E-state index in [1.807, 2.05) is 36.4 Å². The van der Waals surface area contributed by atoms with Crippen molar-refractivity contribution in [3.05, 3.63) is 42.6 Å². The molecule has 0 saturated heterocycles. The summed E-state index contributed by atoms with van der Waals surface area (Å²) in [7, 11) is 0. The van der Waals surface area contributed by atoms with Crippen LogP contribution in [0.1, 0.15) is 0 Å². The lowest BCUT2D eigenvalue weighted by molar-refractivity contribution is -0.851. The molecule has 2 rings (SSSR count). The zero-order valence-electron chi connectivity index (χ0n) is 6.97. The second kappa shape index (κ2) is 3.16. The van der Waals surface area contributed by atoms with Gasteiger partial charge in [-0.3, -0.25) is 0 Å². The molecule has 0 N–H and O–H groups in total. The number of pyridine rings is 1. The minimum atomic E-state index is 0.961. The third-order valence-corrected chi connectivity index (χ3v) is 1.82. The Morgan fingerprint density at radius 3 is 2.77 bits per heavy atom. The fourth-order valence-electron chi connectivity index (χ4n) is 1.27. The van der Waals surface area contributed by atoms with E-state index in [1.165, 1.54) is 0 Å². The highest BCUT2D eigenvalue weighted by Crippen LogP contribution is 2.06. The smallest absolute Gasteiger partial charge is 0.176 e. The zero-order valence-corrected chi connectivity index (χ0v) is 6.97. The summed E-state index contributed by atoms with van der Waals surface area (Å²) in [5.74, 6) is 0. The van der Waals surface area contributed by atoms with Crippen LogP contribution in [0.3, 0.4) is 0 Å². The van der Waals surface area contributed by atoms with Crippen LogP contribution in [0.5, 0.6) is 0 Å². The molecule has 13 heavy (non-hydrogen) atoms. The Hall–Kier alpha value is -2.01. The minimum Gasteiger partial charge on any atom is -0.176 e. The lowest BCUT2D eigenvalue weighted by Crippen LogP contribution is -2.40. The SMILES string of the molecule is C#CO[n+]1cccc2ccccc21. The first-order valence-electron chi connectivity index (χ1n) is 3.94. The summed E-state index contributed by atoms with van der Waals surface area (Å²) in [5.41, 5.74) is 0.961. The van der Waals surface area contributed by atoms with Gasteiger partial charge in [0.1, 0.15) is 0 Å². The molecule has 0 amide bonds. The Labute approximate surface area is 76.3 Å². The van der Waals surface area contributed by atoms with E-state index < -0.39 is 0 Å². The van der Waals surface area contributed by atoms with Gasteiger partial charge in [-0.1, -0.05) is 18.6 Å². The number of nitrogens with zero attached hydrogens (tertiary/aromatic N) is 1. The van der Waals surface area contributed by atoms with Crippen LogP contribution in [0.4, 0.5) is 0 Å². The molecule has 0 bridgehead atoms. The topological polar surface area (TPSA) is 13.1 Å². The maximum absolute atomic E-state index is 5.06. The van der Waals surface area contributed by atoms with Crippen molar-refractivity contribution in [1.82, 2.24) is 0 Å². The molecule has 2 heteroatoms. The first kappa shape index (κ1) is 7.63. The molecule has 1 heterocycles. The highest BCUT2D eigenvalue weighted by atomic mass is 16.6. The Morgan fingerprint density at radius 2 is 1.92 bits per heavy atom. The van der Waals surface area contributed by atoms with Crippen LogP contribution in [0, 0.1) is 12.5 Å². The summed E-state index contributed by atoms with van der Waals surface area (Å²) in [6.45, 7) is 0. The second-order valence-corrected chi connectivity index (χ2v) is 2.60. The van der Waals surface area contributed by atoms with Crippen LogP contribution in [0.25, 0.3) is 10.9 Å². The van der Waals surface area contributed by atoms with E-state index in [0.29, 0.717) is 0 Å². The average molecular weight is 170 g/mol. The van der Waals surface area contributed by atoms with Crippen LogP contribution in [-0.4, -0.2) is 0 Å². The predicted octanol–water partition coefficient (Wildman–Crippen LogP) is 1.15. The number of hydrogen-bond donors (Lipinski definition) is 0. The molecule has 0 unspecified atom stereocenters. The molecule has 0 spiro atoms. The molecule has 0 aliphatic carbocycles. The largest absolute Gasteiger partial charge is 0.266 e. The predicted molar refractivity (Wildman–Crippen MR) is 49.6 cm³/mol. The summed E-state index contributed by atoms with van der Waals surface area (Å²) >= 11 is 0. The second-order valence-electron chi connectivity index (χ2n) is 2.60. The van der Waals surface area contributed by atoms with Gasteiger partial charge in [0, 0.05) is 16.9 Å². The maximum Gasteiger partial charge on any atom is 0.266 e. The third-order valence-electron chi connectivity index (χ3n) is 1.82. The summed E-state index contributed by atoms with van der Waals surface area (Å²) in [4.78, 5) is 4.96. The van der Waals surface area contributed by atoms with Crippen molar-refractivity contribution in [2.45, 2.75) is 0 Å². The van der Waals surface area contributed by atoms with Crippen LogP contribution in [0.15, 0.2) is 42.6 Å². The molecule has 0 atom stereocenters. The summed E-state index contributed by atoms with van der Waals surface area (Å²) in [6.07, 6.45) is 8.98. The highest BCUT2D eigenvalue weighted by Gasteiger charge is 2.06. The number of benzene rings is 1. The summed E-state index contributed by atoms with van der Waals surface area (Å²) in [5, 5.41) is 1.10. The minimum absolute atomic E-state index is 0.961. The van der Waals surface area contributed by atoms with Gasteiger partial charge < -0.3 is 0 Å². The Morgan fingerprint density at radius 1 is 1.15 bits per heavy atom. The Bertz CT molecular complexity index is 465. The van der Waals surface area contributed by atoms with Gasteiger partial charge in [-0.15, -0.1) is 0 Å². The molecule has 0 aliphatic rings. The van der Waals surface area contributed by atoms with E-state index >= 15 is 0 Å². The first-order valence-corrected chi connectivity index (χ1v) is 3.94. The van der Waals surface area contributed by atoms with E-state index in [9.17, 15) is 0 Å². The molecule has 0 radical (unpaired) electrons. The number of terminal acetylenes is 1. The normalized spacial score (nSPS) is 9.46. The molecule has 0 saturated carbocycles. The van der Waals surface area contributed by atoms with Gasteiger partial charge in [-0.05, 0) is 12.1 Å². The number of fused-ring (bicyclic) bond motifs is 1. The van der Waals surface area contributed by atoms with Crippen LogP contribution in [0.2, 0.25) is 0 Å². The molecular formula is C11H8NO+. The van der Waals surface area contributed by atoms with E-state index in [-0.39, 0.29) is 0 Å². The Balaban J connectivity index is 2.70. The third kappa shape index (κ3) is 1.32. The number of para-hydroxylation sites is 1. The zero-order chi connectivity index (χ0) is 9.10. The van der Waals surface area contributed by atoms with Crippen molar-refractivity contribution in [2.75, 3.05) is 0 Å².